The molecule has 4 nitrogen and oxygen atoms in total. The van der Waals surface area contributed by atoms with Gasteiger partial charge in [0, 0.05) is 12.8 Å². The Hall–Kier alpha value is -0.0300. The third-order valence-electron chi connectivity index (χ3n) is 6.98. The van der Waals surface area contributed by atoms with E-state index >= 15 is 0 Å². The molecule has 0 bridgehead atoms. The first-order chi connectivity index (χ1) is 17.9. The van der Waals surface area contributed by atoms with E-state index in [0.717, 1.165) is 38.5 Å². The molecule has 0 saturated carbocycles. The van der Waals surface area contributed by atoms with Gasteiger partial charge >= 0.3 is 5.97 Å². The van der Waals surface area contributed by atoms with Gasteiger partial charge in [-0.2, -0.15) is 0 Å². The number of carbonyl (C=O) groups excluding carboxylic acids is 1. The quantitative estimate of drug-likeness (QED) is 0.0408. The summed E-state index contributed by atoms with van der Waals surface area (Å²) >= 11 is 13.1. The summed E-state index contributed by atoms with van der Waals surface area (Å²) < 4.78 is 17.1. The Bertz CT molecular complexity index is 506. The third kappa shape index (κ3) is 23.6. The second kappa shape index (κ2) is 26.2. The number of alkyl halides is 2. The van der Waals surface area contributed by atoms with E-state index in [0.29, 0.717) is 19.3 Å². The minimum absolute atomic E-state index is 0.0545. The van der Waals surface area contributed by atoms with E-state index in [1.807, 2.05) is 0 Å². The molecule has 0 N–H and O–H groups in total. The first kappa shape index (κ1) is 37.0. The van der Waals surface area contributed by atoms with Crippen molar-refractivity contribution in [2.45, 2.75) is 185 Å². The molecule has 6 heteroatoms. The minimum atomic E-state index is -1.21. The number of carbonyl (C=O) groups is 1. The lowest BCUT2D eigenvalue weighted by Crippen LogP contribution is -2.36. The molecule has 0 aliphatic heterocycles. The van der Waals surface area contributed by atoms with Crippen LogP contribution in [0.3, 0.4) is 0 Å². The van der Waals surface area contributed by atoms with Crippen molar-refractivity contribution in [3.8, 4) is 0 Å². The van der Waals surface area contributed by atoms with Crippen LogP contribution in [-0.2, 0) is 19.0 Å². The lowest BCUT2D eigenvalue weighted by atomic mass is 10.0. The van der Waals surface area contributed by atoms with Crippen LogP contribution in [0.4, 0.5) is 0 Å². The number of unbranched alkanes of at least 4 members (excludes halogenated alkanes) is 14. The van der Waals surface area contributed by atoms with Crippen molar-refractivity contribution in [1.29, 1.82) is 0 Å². The molecule has 0 radical (unpaired) electrons. The highest BCUT2D eigenvalue weighted by Crippen LogP contribution is 2.33. The van der Waals surface area contributed by atoms with Crippen molar-refractivity contribution in [2.75, 3.05) is 7.11 Å². The number of methoxy groups -OCH3 is 1. The normalized spacial score (nSPS) is 14.9. The van der Waals surface area contributed by atoms with E-state index in [1.54, 1.807) is 0 Å². The summed E-state index contributed by atoms with van der Waals surface area (Å²) in [5, 5.41) is -1.21. The van der Waals surface area contributed by atoms with Crippen LogP contribution in [0, 0.1) is 0 Å². The molecular weight excluding hydrogens is 507 g/mol. The fourth-order valence-corrected chi connectivity index (χ4v) is 5.58. The number of hydrogen-bond acceptors (Lipinski definition) is 4. The highest BCUT2D eigenvalue weighted by Gasteiger charge is 2.34. The molecule has 0 aromatic carbocycles. The molecule has 37 heavy (non-hydrogen) atoms. The van der Waals surface area contributed by atoms with Crippen molar-refractivity contribution in [1.82, 2.24) is 0 Å². The van der Waals surface area contributed by atoms with Gasteiger partial charge in [0.2, 0.25) is 5.25 Å². The second-order valence-corrected chi connectivity index (χ2v) is 11.7. The first-order valence-corrected chi connectivity index (χ1v) is 16.5. The number of ether oxygens (including phenoxy) is 3. The average Bonchev–Trinajstić information content (AvgIpc) is 2.86. The van der Waals surface area contributed by atoms with E-state index in [1.165, 1.54) is 97.0 Å². The maximum atomic E-state index is 11.6. The fourth-order valence-electron chi connectivity index (χ4n) is 4.75. The van der Waals surface area contributed by atoms with Crippen LogP contribution in [0.5, 0.6) is 0 Å². The Morgan fingerprint density at radius 2 is 1.14 bits per heavy atom. The van der Waals surface area contributed by atoms with Crippen LogP contribution in [0.1, 0.15) is 168 Å². The summed E-state index contributed by atoms with van der Waals surface area (Å²) in [6.45, 7) is 6.41. The summed E-state index contributed by atoms with van der Waals surface area (Å²) in [5.41, 5.74) is -0.462. The molecule has 0 aliphatic rings. The van der Waals surface area contributed by atoms with Crippen molar-refractivity contribution >= 4 is 29.2 Å². The molecule has 0 rings (SSSR count). The van der Waals surface area contributed by atoms with Crippen LogP contribution in [0.2, 0.25) is 0 Å². The SMILES string of the molecule is CCCCCCCCCCCCCCCCCC(CCCC(=O)OC)OC(Cl)(CCC)OC(Cl)CCC. The summed E-state index contributed by atoms with van der Waals surface area (Å²) in [6.07, 6.45) is 26.0. The van der Waals surface area contributed by atoms with E-state index in [9.17, 15) is 4.79 Å². The van der Waals surface area contributed by atoms with Gasteiger partial charge in [-0.3, -0.25) is 4.79 Å². The molecule has 0 heterocycles. The fraction of sp³-hybridized carbons (Fsp3) is 0.968. The number of hydrogen-bond donors (Lipinski definition) is 0. The number of rotatable bonds is 28. The Labute approximate surface area is 240 Å². The number of esters is 1. The zero-order valence-electron chi connectivity index (χ0n) is 24.8. The first-order valence-electron chi connectivity index (χ1n) is 15.7. The lowest BCUT2D eigenvalue weighted by molar-refractivity contribution is -0.219. The van der Waals surface area contributed by atoms with Gasteiger partial charge in [0.1, 0.15) is 5.56 Å². The van der Waals surface area contributed by atoms with E-state index < -0.39 is 10.8 Å². The van der Waals surface area contributed by atoms with Crippen LogP contribution >= 0.6 is 23.2 Å². The van der Waals surface area contributed by atoms with Gasteiger partial charge in [0.15, 0.2) is 0 Å². The smallest absolute Gasteiger partial charge is 0.305 e. The predicted molar refractivity (Wildman–Crippen MR) is 159 cm³/mol. The molecule has 0 aliphatic carbocycles. The minimum Gasteiger partial charge on any atom is -0.469 e. The maximum absolute atomic E-state index is 11.6. The van der Waals surface area contributed by atoms with Crippen molar-refractivity contribution < 1.29 is 19.0 Å². The highest BCUT2D eigenvalue weighted by molar-refractivity contribution is 6.23. The summed E-state index contributed by atoms with van der Waals surface area (Å²) in [5.74, 6) is -0.184. The molecule has 0 aromatic rings. The van der Waals surface area contributed by atoms with Crippen LogP contribution in [0.25, 0.3) is 0 Å². The second-order valence-electron chi connectivity index (χ2n) is 10.7. The summed E-state index contributed by atoms with van der Waals surface area (Å²) in [7, 11) is 1.43. The molecule has 222 valence electrons. The zero-order chi connectivity index (χ0) is 27.6. The van der Waals surface area contributed by atoms with Gasteiger partial charge in [0.25, 0.3) is 0 Å². The van der Waals surface area contributed by atoms with Crippen molar-refractivity contribution in [3.63, 3.8) is 0 Å². The molecule has 3 atom stereocenters. The Balaban J connectivity index is 4.24. The molecular formula is C31H60Cl2O4. The highest BCUT2D eigenvalue weighted by atomic mass is 35.5. The molecule has 3 unspecified atom stereocenters. The molecule has 0 saturated heterocycles. The van der Waals surface area contributed by atoms with E-state index in [2.05, 4.69) is 20.8 Å². The molecule has 0 amide bonds. The van der Waals surface area contributed by atoms with Crippen LogP contribution in [-0.4, -0.2) is 30.0 Å². The monoisotopic (exact) mass is 566 g/mol. The van der Waals surface area contributed by atoms with Gasteiger partial charge in [-0.25, -0.2) is 0 Å². The molecule has 0 aromatic heterocycles. The largest absolute Gasteiger partial charge is 0.469 e. The molecule has 0 spiro atoms. The van der Waals surface area contributed by atoms with Gasteiger partial charge in [-0.1, -0.05) is 147 Å². The van der Waals surface area contributed by atoms with Gasteiger partial charge in [0.05, 0.1) is 13.2 Å². The Morgan fingerprint density at radius 1 is 0.649 bits per heavy atom. The van der Waals surface area contributed by atoms with E-state index in [-0.39, 0.29) is 12.1 Å². The average molecular weight is 568 g/mol. The van der Waals surface area contributed by atoms with Crippen LogP contribution < -0.4 is 0 Å². The van der Waals surface area contributed by atoms with Gasteiger partial charge < -0.3 is 14.2 Å². The van der Waals surface area contributed by atoms with Gasteiger partial charge in [-0.15, -0.1) is 0 Å². The third-order valence-corrected chi connectivity index (χ3v) is 7.65. The Kier molecular flexibility index (Phi) is 26.2. The molecule has 0 fully saturated rings. The predicted octanol–water partition coefficient (Wildman–Crippen LogP) is 11.1. The Morgan fingerprint density at radius 3 is 1.59 bits per heavy atom. The van der Waals surface area contributed by atoms with Gasteiger partial charge in [-0.05, 0) is 32.1 Å². The van der Waals surface area contributed by atoms with E-state index in [4.69, 9.17) is 37.4 Å². The van der Waals surface area contributed by atoms with Crippen LogP contribution in [0.15, 0.2) is 0 Å². The summed E-state index contributed by atoms with van der Waals surface area (Å²) in [4.78, 5) is 11.6. The standard InChI is InChI=1S/C31H60Cl2O4/c1-5-8-9-10-11-12-13-14-15-16-17-18-19-20-21-24-28(25-22-26-30(34)35-4)36-31(33,27-7-3)37-29(32)23-6-2/h28-29H,5-27H2,1-4H3. The van der Waals surface area contributed by atoms with Crippen molar-refractivity contribution in [2.24, 2.45) is 0 Å². The summed E-state index contributed by atoms with van der Waals surface area (Å²) in [6, 6.07) is 0. The van der Waals surface area contributed by atoms with Crippen molar-refractivity contribution in [3.05, 3.63) is 0 Å². The maximum Gasteiger partial charge on any atom is 0.305 e. The number of halogens is 2. The lowest BCUT2D eigenvalue weighted by Gasteiger charge is -2.33. The zero-order valence-corrected chi connectivity index (χ0v) is 26.3. The topological polar surface area (TPSA) is 44.8 Å².